The quantitative estimate of drug-likeness (QED) is 0.451. The number of nitrogens with two attached hydrogens (primary N) is 1. The molecule has 0 aromatic heterocycles. The first-order chi connectivity index (χ1) is 9.13. The van der Waals surface area contributed by atoms with Gasteiger partial charge in [0.05, 0.1) is 0 Å². The maximum atomic E-state index is 12.2. The Kier molecular flexibility index (Phi) is 6.35. The molecule has 6 heteroatoms. The monoisotopic (exact) mass is 269 g/mol. The minimum Gasteiger partial charge on any atom is -0.435 e. The second-order valence-electron chi connectivity index (χ2n) is 3.67. The van der Waals surface area contributed by atoms with Crippen LogP contribution in [0.4, 0.5) is 8.78 Å². The Balaban J connectivity index is 2.55. The number of halogens is 2. The maximum absolute atomic E-state index is 12.2. The van der Waals surface area contributed by atoms with E-state index in [1.807, 2.05) is 0 Å². The largest absolute Gasteiger partial charge is 0.435 e. The summed E-state index contributed by atoms with van der Waals surface area (Å²) in [7, 11) is 0. The van der Waals surface area contributed by atoms with Crippen molar-refractivity contribution < 1.29 is 13.5 Å². The molecule has 0 spiro atoms. The molecule has 0 saturated heterocycles. The molecular formula is C13H17F2N3O. The van der Waals surface area contributed by atoms with Crippen molar-refractivity contribution in [2.75, 3.05) is 13.1 Å². The molecule has 0 aliphatic heterocycles. The standard InChI is InChI=1S/C13H17F2N3O/c1-2-8-17-13(16)18-9-7-10-5-3-4-6-11(10)19-12(14)15/h2-6,12H,1,7-9H2,(H3,16,17,18). The summed E-state index contributed by atoms with van der Waals surface area (Å²) in [5.41, 5.74) is 6.25. The van der Waals surface area contributed by atoms with Gasteiger partial charge in [-0.05, 0) is 18.1 Å². The van der Waals surface area contributed by atoms with E-state index in [9.17, 15) is 8.78 Å². The number of aliphatic imine (C=N–C) groups is 1. The van der Waals surface area contributed by atoms with E-state index in [1.165, 1.54) is 6.07 Å². The average molecular weight is 269 g/mol. The van der Waals surface area contributed by atoms with E-state index in [1.54, 1.807) is 24.3 Å². The van der Waals surface area contributed by atoms with E-state index >= 15 is 0 Å². The van der Waals surface area contributed by atoms with Gasteiger partial charge >= 0.3 is 6.61 Å². The molecule has 104 valence electrons. The summed E-state index contributed by atoms with van der Waals surface area (Å²) in [5.74, 6) is 0.470. The molecule has 1 rings (SSSR count). The van der Waals surface area contributed by atoms with Crippen molar-refractivity contribution in [3.63, 3.8) is 0 Å². The third-order valence-corrected chi connectivity index (χ3v) is 2.28. The highest BCUT2D eigenvalue weighted by Gasteiger charge is 2.08. The molecule has 0 fully saturated rings. The van der Waals surface area contributed by atoms with Crippen LogP contribution in [0.5, 0.6) is 5.75 Å². The Morgan fingerprint density at radius 2 is 2.21 bits per heavy atom. The Labute approximate surface area is 111 Å². The van der Waals surface area contributed by atoms with Crippen molar-refractivity contribution in [1.29, 1.82) is 0 Å². The molecule has 0 amide bonds. The van der Waals surface area contributed by atoms with Crippen LogP contribution in [-0.4, -0.2) is 25.7 Å². The molecule has 4 nitrogen and oxygen atoms in total. The normalized spacial score (nSPS) is 11.4. The van der Waals surface area contributed by atoms with Crippen molar-refractivity contribution in [3.05, 3.63) is 42.5 Å². The highest BCUT2D eigenvalue weighted by Crippen LogP contribution is 2.20. The van der Waals surface area contributed by atoms with Gasteiger partial charge in [-0.15, -0.1) is 6.58 Å². The summed E-state index contributed by atoms with van der Waals surface area (Å²) in [4.78, 5) is 4.07. The van der Waals surface area contributed by atoms with Crippen molar-refractivity contribution in [2.24, 2.45) is 10.7 Å². The lowest BCUT2D eigenvalue weighted by Crippen LogP contribution is -2.31. The second-order valence-corrected chi connectivity index (χ2v) is 3.67. The molecule has 0 saturated carbocycles. The summed E-state index contributed by atoms with van der Waals surface area (Å²) >= 11 is 0. The molecule has 0 aliphatic carbocycles. The Morgan fingerprint density at radius 3 is 2.89 bits per heavy atom. The molecule has 3 N–H and O–H groups in total. The van der Waals surface area contributed by atoms with Gasteiger partial charge in [0.2, 0.25) is 0 Å². The first-order valence-corrected chi connectivity index (χ1v) is 5.81. The lowest BCUT2D eigenvalue weighted by Gasteiger charge is -2.09. The van der Waals surface area contributed by atoms with Crippen molar-refractivity contribution >= 4 is 5.96 Å². The average Bonchev–Trinajstić information content (AvgIpc) is 2.38. The molecule has 0 aliphatic rings. The van der Waals surface area contributed by atoms with Gasteiger partial charge in [-0.3, -0.25) is 4.99 Å². The van der Waals surface area contributed by atoms with Crippen LogP contribution in [0.25, 0.3) is 0 Å². The number of hydrogen-bond donors (Lipinski definition) is 2. The summed E-state index contributed by atoms with van der Waals surface area (Å²) in [6.45, 7) is 1.63. The van der Waals surface area contributed by atoms with Gasteiger partial charge in [0.25, 0.3) is 0 Å². The van der Waals surface area contributed by atoms with Gasteiger partial charge in [0, 0.05) is 13.1 Å². The molecule has 0 atom stereocenters. The molecular weight excluding hydrogens is 252 g/mol. The van der Waals surface area contributed by atoms with Crippen LogP contribution in [0.2, 0.25) is 0 Å². The molecule has 0 bridgehead atoms. The van der Waals surface area contributed by atoms with E-state index < -0.39 is 6.61 Å². The van der Waals surface area contributed by atoms with Gasteiger partial charge in [0.15, 0.2) is 5.96 Å². The molecule has 1 aromatic rings. The fourth-order valence-corrected chi connectivity index (χ4v) is 1.45. The predicted molar refractivity (Wildman–Crippen MR) is 71.5 cm³/mol. The fourth-order valence-electron chi connectivity index (χ4n) is 1.45. The maximum Gasteiger partial charge on any atom is 0.387 e. The van der Waals surface area contributed by atoms with Gasteiger partial charge < -0.3 is 15.8 Å². The molecule has 0 radical (unpaired) electrons. The number of guanidine groups is 1. The van der Waals surface area contributed by atoms with Crippen LogP contribution < -0.4 is 15.8 Å². The number of nitrogens with one attached hydrogen (secondary N) is 1. The first kappa shape index (κ1) is 14.9. The summed E-state index contributed by atoms with van der Waals surface area (Å²) in [6, 6.07) is 6.63. The zero-order chi connectivity index (χ0) is 14.1. The van der Waals surface area contributed by atoms with Gasteiger partial charge in [-0.2, -0.15) is 8.78 Å². The van der Waals surface area contributed by atoms with Gasteiger partial charge in [-0.1, -0.05) is 24.3 Å². The lowest BCUT2D eigenvalue weighted by molar-refractivity contribution is -0.0504. The Bertz CT molecular complexity index is 436. The topological polar surface area (TPSA) is 59.6 Å². The van der Waals surface area contributed by atoms with Crippen LogP contribution >= 0.6 is 0 Å². The third kappa shape index (κ3) is 5.85. The molecule has 1 aromatic carbocycles. The molecule has 19 heavy (non-hydrogen) atoms. The lowest BCUT2D eigenvalue weighted by atomic mass is 10.1. The van der Waals surface area contributed by atoms with Crippen molar-refractivity contribution in [2.45, 2.75) is 13.0 Å². The third-order valence-electron chi connectivity index (χ3n) is 2.28. The minimum absolute atomic E-state index is 0.172. The fraction of sp³-hybridized carbons (Fsp3) is 0.308. The second kappa shape index (κ2) is 8.07. The first-order valence-electron chi connectivity index (χ1n) is 5.81. The smallest absolute Gasteiger partial charge is 0.387 e. The van der Waals surface area contributed by atoms with Crippen molar-refractivity contribution in [1.82, 2.24) is 5.32 Å². The zero-order valence-electron chi connectivity index (χ0n) is 10.5. The number of alkyl halides is 2. The zero-order valence-corrected chi connectivity index (χ0v) is 10.5. The van der Waals surface area contributed by atoms with Gasteiger partial charge in [-0.25, -0.2) is 0 Å². The van der Waals surface area contributed by atoms with E-state index in [2.05, 4.69) is 21.6 Å². The number of rotatable bonds is 7. The molecule has 0 heterocycles. The van der Waals surface area contributed by atoms with Crippen LogP contribution in [0.1, 0.15) is 5.56 Å². The van der Waals surface area contributed by atoms with E-state index in [4.69, 9.17) is 5.73 Å². The van der Waals surface area contributed by atoms with Crippen LogP contribution in [0, 0.1) is 0 Å². The van der Waals surface area contributed by atoms with E-state index in [0.29, 0.717) is 31.0 Å². The van der Waals surface area contributed by atoms with Crippen LogP contribution in [0.3, 0.4) is 0 Å². The van der Waals surface area contributed by atoms with E-state index in [0.717, 1.165) is 0 Å². The van der Waals surface area contributed by atoms with Crippen LogP contribution in [0.15, 0.2) is 41.9 Å². The molecule has 0 unspecified atom stereocenters. The summed E-state index contributed by atoms with van der Waals surface area (Å²) in [6.07, 6.45) is 2.13. The van der Waals surface area contributed by atoms with E-state index in [-0.39, 0.29) is 5.75 Å². The summed E-state index contributed by atoms with van der Waals surface area (Å²) in [5, 5.41) is 2.82. The SMILES string of the molecule is C=CCNC(N)=NCCc1ccccc1OC(F)F. The van der Waals surface area contributed by atoms with Gasteiger partial charge in [0.1, 0.15) is 5.75 Å². The van der Waals surface area contributed by atoms with Crippen LogP contribution in [-0.2, 0) is 6.42 Å². The number of nitrogens with zero attached hydrogens (tertiary/aromatic N) is 1. The Hall–Kier alpha value is -2.11. The Morgan fingerprint density at radius 1 is 1.47 bits per heavy atom. The number of benzene rings is 1. The number of ether oxygens (including phenoxy) is 1. The van der Waals surface area contributed by atoms with Crippen molar-refractivity contribution in [3.8, 4) is 5.75 Å². The predicted octanol–water partition coefficient (Wildman–Crippen LogP) is 1.92. The highest BCUT2D eigenvalue weighted by molar-refractivity contribution is 5.77. The highest BCUT2D eigenvalue weighted by atomic mass is 19.3. The number of hydrogen-bond acceptors (Lipinski definition) is 2. The minimum atomic E-state index is -2.83. The number of para-hydroxylation sites is 1. The summed E-state index contributed by atoms with van der Waals surface area (Å²) < 4.78 is 28.8.